The quantitative estimate of drug-likeness (QED) is 0.514. The minimum absolute atomic E-state index is 0.0858. The number of amides is 1. The average Bonchev–Trinajstić information content (AvgIpc) is 2.75. The Morgan fingerprint density at radius 2 is 2.17 bits per heavy atom. The van der Waals surface area contributed by atoms with E-state index in [0.717, 1.165) is 0 Å². The Morgan fingerprint density at radius 3 is 2.78 bits per heavy atom. The van der Waals surface area contributed by atoms with Gasteiger partial charge < -0.3 is 0 Å². The van der Waals surface area contributed by atoms with E-state index in [2.05, 4.69) is 15.6 Å². The van der Waals surface area contributed by atoms with E-state index in [0.29, 0.717) is 16.3 Å². The van der Waals surface area contributed by atoms with Gasteiger partial charge in [0.05, 0.1) is 11.1 Å². The Hall–Kier alpha value is -2.74. The Balaban J connectivity index is 2.02. The summed E-state index contributed by atoms with van der Waals surface area (Å²) >= 11 is 5.96. The molecule has 1 heterocycles. The summed E-state index contributed by atoms with van der Waals surface area (Å²) in [5.74, 6) is -0.450. The van der Waals surface area contributed by atoms with Crippen molar-refractivity contribution in [3.8, 4) is 0 Å². The minimum atomic E-state index is -0.512. The topological polar surface area (TPSA) is 102 Å². The van der Waals surface area contributed by atoms with Crippen LogP contribution in [0.4, 0.5) is 5.69 Å². The lowest BCUT2D eigenvalue weighted by atomic mass is 10.2. The molecule has 2 aromatic rings. The van der Waals surface area contributed by atoms with Gasteiger partial charge in [-0.2, -0.15) is 10.2 Å². The first kappa shape index (κ1) is 16.6. The molecule has 120 valence electrons. The zero-order chi connectivity index (χ0) is 17.0. The van der Waals surface area contributed by atoms with Crippen LogP contribution < -0.4 is 5.43 Å². The fourth-order valence-corrected chi connectivity index (χ4v) is 2.22. The van der Waals surface area contributed by atoms with Gasteiger partial charge in [-0.25, -0.2) is 5.43 Å². The van der Waals surface area contributed by atoms with Crippen molar-refractivity contribution in [3.63, 3.8) is 0 Å². The number of aromatic nitrogens is 2. The molecule has 2 rings (SSSR count). The van der Waals surface area contributed by atoms with Gasteiger partial charge in [-0.3, -0.25) is 19.6 Å². The Morgan fingerprint density at radius 1 is 1.48 bits per heavy atom. The lowest BCUT2D eigenvalue weighted by molar-refractivity contribution is -0.386. The second-order valence-corrected chi connectivity index (χ2v) is 5.16. The van der Waals surface area contributed by atoms with E-state index >= 15 is 0 Å². The molecule has 23 heavy (non-hydrogen) atoms. The van der Waals surface area contributed by atoms with Crippen molar-refractivity contribution in [1.29, 1.82) is 0 Å². The Labute approximate surface area is 136 Å². The molecule has 0 fully saturated rings. The third-order valence-electron chi connectivity index (χ3n) is 3.12. The van der Waals surface area contributed by atoms with Crippen LogP contribution in [0.15, 0.2) is 29.4 Å². The molecular weight excluding hydrogens is 322 g/mol. The van der Waals surface area contributed by atoms with Gasteiger partial charge in [0.15, 0.2) is 0 Å². The summed E-state index contributed by atoms with van der Waals surface area (Å²) in [6.07, 6.45) is 1.42. The van der Waals surface area contributed by atoms with Crippen molar-refractivity contribution >= 4 is 29.4 Å². The third-order valence-corrected chi connectivity index (χ3v) is 3.46. The number of nitrogens with zero attached hydrogens (tertiary/aromatic N) is 4. The number of aryl methyl sites for hydroxylation is 1. The molecule has 1 N–H and O–H groups in total. The van der Waals surface area contributed by atoms with Crippen LogP contribution in [0.25, 0.3) is 0 Å². The van der Waals surface area contributed by atoms with Crippen LogP contribution in [0.1, 0.15) is 17.0 Å². The van der Waals surface area contributed by atoms with E-state index < -0.39 is 10.8 Å². The molecule has 0 spiro atoms. The van der Waals surface area contributed by atoms with Crippen LogP contribution in [-0.2, 0) is 11.3 Å². The first-order chi connectivity index (χ1) is 10.9. The summed E-state index contributed by atoms with van der Waals surface area (Å²) in [6, 6.07) is 7.04. The van der Waals surface area contributed by atoms with Crippen molar-refractivity contribution in [2.24, 2.45) is 5.10 Å². The second-order valence-electron chi connectivity index (χ2n) is 4.75. The Kier molecular flexibility index (Phi) is 5.07. The number of hydrogen-bond donors (Lipinski definition) is 1. The number of benzene rings is 1. The molecule has 0 aliphatic carbocycles. The Bertz CT molecular complexity index is 785. The number of hydrazone groups is 1. The van der Waals surface area contributed by atoms with Crippen LogP contribution in [0, 0.1) is 24.0 Å². The number of hydrogen-bond acceptors (Lipinski definition) is 5. The van der Waals surface area contributed by atoms with E-state index in [-0.39, 0.29) is 17.9 Å². The smallest absolute Gasteiger partial charge is 0.271 e. The lowest BCUT2D eigenvalue weighted by Gasteiger charge is -2.02. The zero-order valence-electron chi connectivity index (χ0n) is 12.5. The summed E-state index contributed by atoms with van der Waals surface area (Å²) < 4.78 is 1.27. The van der Waals surface area contributed by atoms with Crippen LogP contribution in [0.3, 0.4) is 0 Å². The van der Waals surface area contributed by atoms with Gasteiger partial charge in [-0.1, -0.05) is 29.8 Å². The normalized spacial score (nSPS) is 10.9. The third kappa shape index (κ3) is 3.92. The predicted molar refractivity (Wildman–Crippen MR) is 85.5 cm³/mol. The molecule has 1 aromatic carbocycles. The number of nitrogens with one attached hydrogen (secondary N) is 1. The maximum Gasteiger partial charge on any atom is 0.312 e. The lowest BCUT2D eigenvalue weighted by Crippen LogP contribution is -2.24. The summed E-state index contributed by atoms with van der Waals surface area (Å²) in [4.78, 5) is 22.2. The summed E-state index contributed by atoms with van der Waals surface area (Å²) in [5, 5.41) is 19.2. The molecule has 9 heteroatoms. The van der Waals surface area contributed by atoms with Crippen LogP contribution in [0.5, 0.6) is 0 Å². The van der Waals surface area contributed by atoms with Gasteiger partial charge in [0.25, 0.3) is 5.91 Å². The molecule has 0 aliphatic rings. The van der Waals surface area contributed by atoms with Crippen LogP contribution in [-0.4, -0.2) is 26.8 Å². The average molecular weight is 336 g/mol. The van der Waals surface area contributed by atoms with Gasteiger partial charge in [0.2, 0.25) is 0 Å². The largest absolute Gasteiger partial charge is 0.312 e. The zero-order valence-corrected chi connectivity index (χ0v) is 13.2. The molecule has 0 radical (unpaired) electrons. The van der Waals surface area contributed by atoms with Crippen molar-refractivity contribution < 1.29 is 9.72 Å². The predicted octanol–water partition coefficient (Wildman–Crippen LogP) is 2.21. The molecule has 0 unspecified atom stereocenters. The number of halogens is 1. The maximum absolute atomic E-state index is 11.8. The van der Waals surface area contributed by atoms with E-state index in [1.807, 2.05) is 0 Å². The molecule has 1 amide bonds. The molecule has 0 bridgehead atoms. The number of carbonyl (C=O) groups is 1. The van der Waals surface area contributed by atoms with Gasteiger partial charge in [0.1, 0.15) is 17.9 Å². The first-order valence-electron chi connectivity index (χ1n) is 6.65. The van der Waals surface area contributed by atoms with Crippen molar-refractivity contribution in [2.45, 2.75) is 20.4 Å². The van der Waals surface area contributed by atoms with Crippen LogP contribution in [0.2, 0.25) is 5.02 Å². The molecule has 0 aliphatic heterocycles. The maximum atomic E-state index is 11.8. The SMILES string of the molecule is Cc1nn(CC(=O)N/N=C/c2ccccc2Cl)c(C)c1[N+](=O)[O-]. The summed E-state index contributed by atoms with van der Waals surface area (Å²) in [5.41, 5.74) is 3.49. The first-order valence-corrected chi connectivity index (χ1v) is 7.02. The molecule has 0 saturated heterocycles. The molecular formula is C14H14ClN5O3. The monoisotopic (exact) mass is 335 g/mol. The van der Waals surface area contributed by atoms with E-state index in [9.17, 15) is 14.9 Å². The molecule has 1 aromatic heterocycles. The van der Waals surface area contributed by atoms with Gasteiger partial charge >= 0.3 is 5.69 Å². The fourth-order valence-electron chi connectivity index (χ4n) is 2.03. The standard InChI is InChI=1S/C14H14ClN5O3/c1-9-14(20(22)23)10(2)19(18-9)8-13(21)17-16-7-11-5-3-4-6-12(11)15/h3-7H,8H2,1-2H3,(H,17,21)/b16-7+. The fraction of sp³-hybridized carbons (Fsp3) is 0.214. The number of rotatable bonds is 5. The van der Waals surface area contributed by atoms with Gasteiger partial charge in [0, 0.05) is 10.6 Å². The summed E-state index contributed by atoms with van der Waals surface area (Å²) in [7, 11) is 0. The molecule has 0 atom stereocenters. The number of carbonyl (C=O) groups excluding carboxylic acids is 1. The highest BCUT2D eigenvalue weighted by molar-refractivity contribution is 6.33. The highest BCUT2D eigenvalue weighted by Gasteiger charge is 2.22. The number of nitro groups is 1. The van der Waals surface area contributed by atoms with E-state index in [1.54, 1.807) is 31.2 Å². The minimum Gasteiger partial charge on any atom is -0.271 e. The van der Waals surface area contributed by atoms with Crippen molar-refractivity contribution in [3.05, 3.63) is 56.4 Å². The van der Waals surface area contributed by atoms with Crippen molar-refractivity contribution in [2.75, 3.05) is 0 Å². The van der Waals surface area contributed by atoms with Gasteiger partial charge in [-0.15, -0.1) is 0 Å². The second kappa shape index (κ2) is 7.01. The molecule has 0 saturated carbocycles. The van der Waals surface area contributed by atoms with Crippen LogP contribution >= 0.6 is 11.6 Å². The van der Waals surface area contributed by atoms with E-state index in [1.165, 1.54) is 17.8 Å². The van der Waals surface area contributed by atoms with Crippen molar-refractivity contribution in [1.82, 2.24) is 15.2 Å². The highest BCUT2D eigenvalue weighted by atomic mass is 35.5. The molecule has 8 nitrogen and oxygen atoms in total. The summed E-state index contributed by atoms with van der Waals surface area (Å²) in [6.45, 7) is 2.90. The van der Waals surface area contributed by atoms with Gasteiger partial charge in [-0.05, 0) is 19.9 Å². The van der Waals surface area contributed by atoms with E-state index in [4.69, 9.17) is 11.6 Å². The highest BCUT2D eigenvalue weighted by Crippen LogP contribution is 2.21.